The fraction of sp³-hybridized carbons (Fsp3) is 0.533. The molecule has 0 radical (unpaired) electrons. The summed E-state index contributed by atoms with van der Waals surface area (Å²) < 4.78 is 0. The molecule has 3 N–H and O–H groups in total. The second-order valence-corrected chi connectivity index (χ2v) is 6.01. The summed E-state index contributed by atoms with van der Waals surface area (Å²) >= 11 is 0. The first-order chi connectivity index (χ1) is 8.21. The lowest BCUT2D eigenvalue weighted by Gasteiger charge is -2.29. The van der Waals surface area contributed by atoms with Crippen molar-refractivity contribution in [3.8, 4) is 0 Å². The van der Waals surface area contributed by atoms with Crippen molar-refractivity contribution in [2.24, 2.45) is 11.1 Å². The molecule has 1 unspecified atom stereocenters. The van der Waals surface area contributed by atoms with E-state index in [2.05, 4.69) is 37.4 Å². The topological polar surface area (TPSA) is 55.1 Å². The Bertz CT molecular complexity index is 433. The van der Waals surface area contributed by atoms with E-state index in [0.717, 1.165) is 0 Å². The summed E-state index contributed by atoms with van der Waals surface area (Å²) in [4.78, 5) is 11.5. The van der Waals surface area contributed by atoms with Gasteiger partial charge < -0.3 is 11.1 Å². The molecule has 0 saturated heterocycles. The van der Waals surface area contributed by atoms with Crippen molar-refractivity contribution in [1.82, 2.24) is 5.32 Å². The molecular formula is C15H24N2O. The summed E-state index contributed by atoms with van der Waals surface area (Å²) in [5.41, 5.74) is 8.94. The smallest absolute Gasteiger partial charge is 0.235 e. The molecule has 1 amide bonds. The molecule has 1 rings (SSSR count). The van der Waals surface area contributed by atoms with Crippen LogP contribution in [0.5, 0.6) is 0 Å². The quantitative estimate of drug-likeness (QED) is 0.859. The molecule has 100 valence electrons. The first kappa shape index (κ1) is 14.7. The van der Waals surface area contributed by atoms with Crippen LogP contribution in [-0.2, 0) is 11.3 Å². The SMILES string of the molecule is Cc1ccc(C)c(CNC(C(N)=O)C(C)(C)C)c1. The van der Waals surface area contributed by atoms with Gasteiger partial charge in [0.1, 0.15) is 0 Å². The van der Waals surface area contributed by atoms with Crippen molar-refractivity contribution in [1.29, 1.82) is 0 Å². The summed E-state index contributed by atoms with van der Waals surface area (Å²) in [6, 6.07) is 6.01. The average molecular weight is 248 g/mol. The number of rotatable bonds is 4. The molecule has 0 aliphatic heterocycles. The van der Waals surface area contributed by atoms with Gasteiger partial charge in [0, 0.05) is 6.54 Å². The number of amides is 1. The number of primary amides is 1. The lowest BCUT2D eigenvalue weighted by atomic mass is 9.86. The van der Waals surface area contributed by atoms with Gasteiger partial charge in [-0.3, -0.25) is 4.79 Å². The highest BCUT2D eigenvalue weighted by Crippen LogP contribution is 2.20. The maximum Gasteiger partial charge on any atom is 0.235 e. The third-order valence-corrected chi connectivity index (χ3v) is 3.15. The predicted molar refractivity (Wildman–Crippen MR) is 75.2 cm³/mol. The van der Waals surface area contributed by atoms with Crippen LogP contribution in [0.4, 0.5) is 0 Å². The molecule has 0 spiro atoms. The Kier molecular flexibility index (Phi) is 4.52. The number of aryl methyl sites for hydroxylation is 2. The summed E-state index contributed by atoms with van der Waals surface area (Å²) in [5.74, 6) is -0.298. The summed E-state index contributed by atoms with van der Waals surface area (Å²) in [5, 5.41) is 3.27. The number of hydrogen-bond donors (Lipinski definition) is 2. The van der Waals surface area contributed by atoms with Gasteiger partial charge in [0.05, 0.1) is 6.04 Å². The van der Waals surface area contributed by atoms with Gasteiger partial charge >= 0.3 is 0 Å². The van der Waals surface area contributed by atoms with Crippen LogP contribution in [0.2, 0.25) is 0 Å². The van der Waals surface area contributed by atoms with Crippen molar-refractivity contribution in [3.63, 3.8) is 0 Å². The van der Waals surface area contributed by atoms with E-state index in [1.165, 1.54) is 16.7 Å². The van der Waals surface area contributed by atoms with Crippen LogP contribution in [-0.4, -0.2) is 11.9 Å². The molecule has 0 bridgehead atoms. The molecule has 0 aliphatic rings. The third kappa shape index (κ3) is 3.84. The zero-order chi connectivity index (χ0) is 13.9. The van der Waals surface area contributed by atoms with Crippen LogP contribution in [0.25, 0.3) is 0 Å². The Morgan fingerprint density at radius 3 is 2.44 bits per heavy atom. The zero-order valence-electron chi connectivity index (χ0n) is 12.0. The number of benzene rings is 1. The Morgan fingerprint density at radius 2 is 1.94 bits per heavy atom. The maximum atomic E-state index is 11.5. The molecule has 0 fully saturated rings. The Balaban J connectivity index is 2.79. The van der Waals surface area contributed by atoms with Gasteiger partial charge in [-0.25, -0.2) is 0 Å². The van der Waals surface area contributed by atoms with Crippen molar-refractivity contribution in [3.05, 3.63) is 34.9 Å². The Hall–Kier alpha value is -1.35. The molecule has 18 heavy (non-hydrogen) atoms. The van der Waals surface area contributed by atoms with Crippen LogP contribution in [0.3, 0.4) is 0 Å². The molecule has 0 aliphatic carbocycles. The second kappa shape index (κ2) is 5.53. The summed E-state index contributed by atoms with van der Waals surface area (Å²) in [6.07, 6.45) is 0. The standard InChI is InChI=1S/C15H24N2O/c1-10-6-7-11(2)12(8-10)9-17-13(14(16)18)15(3,4)5/h6-8,13,17H,9H2,1-5H3,(H2,16,18). The molecule has 0 saturated carbocycles. The first-order valence-corrected chi connectivity index (χ1v) is 6.30. The van der Waals surface area contributed by atoms with Crippen LogP contribution in [0.1, 0.15) is 37.5 Å². The summed E-state index contributed by atoms with van der Waals surface area (Å²) in [7, 11) is 0. The molecule has 0 heterocycles. The van der Waals surface area contributed by atoms with Gasteiger partial charge in [-0.05, 0) is 30.4 Å². The molecule has 3 nitrogen and oxygen atoms in total. The zero-order valence-corrected chi connectivity index (χ0v) is 12.0. The Morgan fingerprint density at radius 1 is 1.33 bits per heavy atom. The van der Waals surface area contributed by atoms with E-state index < -0.39 is 0 Å². The minimum atomic E-state index is -0.322. The number of carbonyl (C=O) groups excluding carboxylic acids is 1. The highest BCUT2D eigenvalue weighted by atomic mass is 16.1. The highest BCUT2D eigenvalue weighted by Gasteiger charge is 2.28. The number of nitrogens with one attached hydrogen (secondary N) is 1. The lowest BCUT2D eigenvalue weighted by molar-refractivity contribution is -0.122. The van der Waals surface area contributed by atoms with E-state index in [4.69, 9.17) is 5.73 Å². The summed E-state index contributed by atoms with van der Waals surface area (Å²) in [6.45, 7) is 10.8. The first-order valence-electron chi connectivity index (χ1n) is 6.30. The fourth-order valence-corrected chi connectivity index (χ4v) is 2.04. The van der Waals surface area contributed by atoms with E-state index in [-0.39, 0.29) is 17.4 Å². The van der Waals surface area contributed by atoms with Crippen LogP contribution >= 0.6 is 0 Å². The van der Waals surface area contributed by atoms with Gasteiger partial charge in [0.25, 0.3) is 0 Å². The highest BCUT2D eigenvalue weighted by molar-refractivity contribution is 5.80. The minimum Gasteiger partial charge on any atom is -0.368 e. The average Bonchev–Trinajstić information content (AvgIpc) is 2.20. The van der Waals surface area contributed by atoms with E-state index >= 15 is 0 Å². The van der Waals surface area contributed by atoms with E-state index in [9.17, 15) is 4.79 Å². The molecule has 1 atom stereocenters. The van der Waals surface area contributed by atoms with Gasteiger partial charge in [0.2, 0.25) is 5.91 Å². The number of nitrogens with two attached hydrogens (primary N) is 1. The monoisotopic (exact) mass is 248 g/mol. The van der Waals surface area contributed by atoms with Crippen molar-refractivity contribution >= 4 is 5.91 Å². The number of hydrogen-bond acceptors (Lipinski definition) is 2. The minimum absolute atomic E-state index is 0.177. The van der Waals surface area contributed by atoms with E-state index in [1.54, 1.807) is 0 Å². The Labute approximate surface area is 110 Å². The molecule has 0 aromatic heterocycles. The van der Waals surface area contributed by atoms with Crippen LogP contribution in [0, 0.1) is 19.3 Å². The van der Waals surface area contributed by atoms with Gasteiger partial charge in [-0.15, -0.1) is 0 Å². The van der Waals surface area contributed by atoms with Gasteiger partial charge in [0.15, 0.2) is 0 Å². The van der Waals surface area contributed by atoms with Crippen molar-refractivity contribution in [2.75, 3.05) is 0 Å². The van der Waals surface area contributed by atoms with Crippen LogP contribution in [0.15, 0.2) is 18.2 Å². The largest absolute Gasteiger partial charge is 0.368 e. The molecular weight excluding hydrogens is 224 g/mol. The number of carbonyl (C=O) groups is 1. The second-order valence-electron chi connectivity index (χ2n) is 6.01. The van der Waals surface area contributed by atoms with Gasteiger partial charge in [-0.2, -0.15) is 0 Å². The molecule has 1 aromatic rings. The lowest BCUT2D eigenvalue weighted by Crippen LogP contribution is -2.49. The fourth-order valence-electron chi connectivity index (χ4n) is 2.04. The maximum absolute atomic E-state index is 11.5. The predicted octanol–water partition coefficient (Wildman–Crippen LogP) is 2.29. The third-order valence-electron chi connectivity index (χ3n) is 3.15. The molecule has 1 aromatic carbocycles. The van der Waals surface area contributed by atoms with Crippen LogP contribution < -0.4 is 11.1 Å². The van der Waals surface area contributed by atoms with Crippen molar-refractivity contribution in [2.45, 2.75) is 47.2 Å². The van der Waals surface area contributed by atoms with Gasteiger partial charge in [-0.1, -0.05) is 44.5 Å². The van der Waals surface area contributed by atoms with Crippen molar-refractivity contribution < 1.29 is 4.79 Å². The molecule has 3 heteroatoms. The normalized spacial score (nSPS) is 13.4. The van der Waals surface area contributed by atoms with E-state index in [1.807, 2.05) is 20.8 Å². The van der Waals surface area contributed by atoms with E-state index in [0.29, 0.717) is 6.54 Å².